The highest BCUT2D eigenvalue weighted by Crippen LogP contribution is 2.44. The number of aromatic amines is 2. The average Bonchev–Trinajstić information content (AvgIpc) is 3.78. The van der Waals surface area contributed by atoms with Gasteiger partial charge in [0, 0.05) is 52.7 Å². The van der Waals surface area contributed by atoms with Crippen molar-refractivity contribution in [3.8, 4) is 22.3 Å². The van der Waals surface area contributed by atoms with Gasteiger partial charge in [-0.2, -0.15) is 0 Å². The second-order valence-electron chi connectivity index (χ2n) is 13.4. The number of hydrogen-bond donors (Lipinski definition) is 3. The molecular weight excluding hydrogens is 664 g/mol. The first-order valence-electron chi connectivity index (χ1n) is 17.9. The van der Waals surface area contributed by atoms with Gasteiger partial charge >= 0.3 is 0 Å². The van der Waals surface area contributed by atoms with E-state index < -0.39 is 0 Å². The molecule has 0 bridgehead atoms. The highest BCUT2D eigenvalue weighted by molar-refractivity contribution is 7.49. The third-order valence-corrected chi connectivity index (χ3v) is 11.3. The number of rotatable bonds is 8. The predicted molar refractivity (Wildman–Crippen MR) is 229 cm³/mol. The van der Waals surface area contributed by atoms with Crippen molar-refractivity contribution >= 4 is 80.4 Å². The van der Waals surface area contributed by atoms with Crippen LogP contribution in [0.4, 0.5) is 22.7 Å². The lowest BCUT2D eigenvalue weighted by Gasteiger charge is -2.26. The predicted octanol–water partition coefficient (Wildman–Crippen LogP) is 13.1. The molecule has 0 saturated heterocycles. The maximum absolute atomic E-state index is 3.89. The van der Waals surface area contributed by atoms with Gasteiger partial charge in [-0.15, -0.1) is 0 Å². The van der Waals surface area contributed by atoms with Crippen LogP contribution in [0, 0.1) is 0 Å². The number of para-hydroxylation sites is 4. The van der Waals surface area contributed by atoms with Crippen molar-refractivity contribution in [1.29, 1.82) is 0 Å². The lowest BCUT2D eigenvalue weighted by molar-refractivity contribution is 1.42. The molecule has 252 valence electrons. The fraction of sp³-hybridized carbons (Fsp3) is 0. The minimum atomic E-state index is 0.346. The molecule has 53 heavy (non-hydrogen) atoms. The summed E-state index contributed by atoms with van der Waals surface area (Å²) in [5.74, 6) is 0. The molecule has 0 spiro atoms. The van der Waals surface area contributed by atoms with Crippen LogP contribution in [0.25, 0.3) is 65.9 Å². The Hall–Kier alpha value is -6.61. The molecule has 2 aromatic heterocycles. The SMILES string of the molecule is c1ccc(Nc2cccc3c2[nH]c2cc4c(cc23)[nH]c2c(N(Pc3cc(-c5ccccc5)cc(-c5ccccc5)c3)c3ccccc3)cccc24)cc1. The van der Waals surface area contributed by atoms with Gasteiger partial charge in [-0.05, 0) is 94.3 Å². The van der Waals surface area contributed by atoms with Gasteiger partial charge in [-0.1, -0.05) is 121 Å². The average molecular weight is 699 g/mol. The van der Waals surface area contributed by atoms with Crippen LogP contribution in [0.5, 0.6) is 0 Å². The van der Waals surface area contributed by atoms with Crippen LogP contribution in [-0.4, -0.2) is 9.97 Å². The summed E-state index contributed by atoms with van der Waals surface area (Å²) in [4.78, 5) is 7.65. The zero-order valence-electron chi connectivity index (χ0n) is 28.8. The molecule has 0 aliphatic heterocycles. The molecule has 0 saturated carbocycles. The Morgan fingerprint density at radius 3 is 1.57 bits per heavy atom. The largest absolute Gasteiger partial charge is 0.354 e. The standard InChI is InChI=1S/C48H35N4P/c1-5-15-32(16-6-1)34-27-35(33-17-7-2-8-18-33)29-38(28-34)53-52(37-21-11-4-12-22-37)46-26-14-24-40-42-31-44-41(30-45(42)51-48(40)46)39-23-13-25-43(47(39)50-44)49-36-19-9-3-10-20-36/h1-31,49-51,53H. The molecule has 3 N–H and O–H groups in total. The highest BCUT2D eigenvalue weighted by atomic mass is 31.1. The van der Waals surface area contributed by atoms with Gasteiger partial charge in [-0.25, -0.2) is 0 Å². The summed E-state index contributed by atoms with van der Waals surface area (Å²) in [6.07, 6.45) is 0. The molecule has 0 aliphatic carbocycles. The zero-order chi connectivity index (χ0) is 35.1. The van der Waals surface area contributed by atoms with E-state index in [1.165, 1.54) is 49.1 Å². The summed E-state index contributed by atoms with van der Waals surface area (Å²) in [7, 11) is 0.346. The first kappa shape index (κ1) is 31.2. The van der Waals surface area contributed by atoms with Crippen molar-refractivity contribution < 1.29 is 0 Å². The molecule has 10 aromatic rings. The lowest BCUT2D eigenvalue weighted by atomic mass is 9.99. The second kappa shape index (κ2) is 13.2. The Labute approximate surface area is 309 Å². The van der Waals surface area contributed by atoms with Gasteiger partial charge in [0.1, 0.15) is 0 Å². The quantitative estimate of drug-likeness (QED) is 0.138. The van der Waals surface area contributed by atoms with Crippen molar-refractivity contribution in [3.63, 3.8) is 0 Å². The van der Waals surface area contributed by atoms with Crippen LogP contribution in [0.3, 0.4) is 0 Å². The Morgan fingerprint density at radius 2 is 0.943 bits per heavy atom. The smallest absolute Gasteiger partial charge is 0.0708 e. The minimum Gasteiger partial charge on any atom is -0.354 e. The van der Waals surface area contributed by atoms with E-state index in [4.69, 9.17) is 0 Å². The van der Waals surface area contributed by atoms with Gasteiger partial charge < -0.3 is 20.0 Å². The van der Waals surface area contributed by atoms with E-state index in [1.54, 1.807) is 0 Å². The molecule has 2 heterocycles. The monoisotopic (exact) mass is 698 g/mol. The fourth-order valence-corrected chi connectivity index (χ4v) is 8.84. The number of hydrogen-bond acceptors (Lipinski definition) is 2. The van der Waals surface area contributed by atoms with Crippen molar-refractivity contribution in [1.82, 2.24) is 9.97 Å². The summed E-state index contributed by atoms with van der Waals surface area (Å²) in [5, 5.41) is 9.68. The fourth-order valence-electron chi connectivity index (χ4n) is 7.55. The van der Waals surface area contributed by atoms with Gasteiger partial charge in [0.05, 0.1) is 22.4 Å². The van der Waals surface area contributed by atoms with Crippen LogP contribution >= 0.6 is 8.73 Å². The zero-order valence-corrected chi connectivity index (χ0v) is 29.8. The van der Waals surface area contributed by atoms with Gasteiger partial charge in [-0.3, -0.25) is 0 Å². The molecule has 0 amide bonds. The Kier molecular flexibility index (Phi) is 7.74. The van der Waals surface area contributed by atoms with E-state index in [1.807, 2.05) is 6.07 Å². The molecule has 0 aliphatic rings. The normalized spacial score (nSPS) is 11.7. The van der Waals surface area contributed by atoms with E-state index in [9.17, 15) is 0 Å². The molecule has 0 radical (unpaired) electrons. The Morgan fingerprint density at radius 1 is 0.415 bits per heavy atom. The van der Waals surface area contributed by atoms with Crippen LogP contribution in [0.15, 0.2) is 188 Å². The number of nitrogens with one attached hydrogen (secondary N) is 3. The number of H-pyrrole nitrogens is 2. The van der Waals surface area contributed by atoms with E-state index >= 15 is 0 Å². The molecule has 1 atom stereocenters. The van der Waals surface area contributed by atoms with E-state index in [-0.39, 0.29) is 0 Å². The first-order valence-corrected chi connectivity index (χ1v) is 18.9. The van der Waals surface area contributed by atoms with Crippen LogP contribution < -0.4 is 15.3 Å². The maximum Gasteiger partial charge on any atom is 0.0708 e. The van der Waals surface area contributed by atoms with E-state index in [2.05, 4.69) is 202 Å². The van der Waals surface area contributed by atoms with E-state index in [0.29, 0.717) is 8.73 Å². The number of nitrogens with zero attached hydrogens (tertiary/aromatic N) is 1. The highest BCUT2D eigenvalue weighted by Gasteiger charge is 2.19. The summed E-state index contributed by atoms with van der Waals surface area (Å²) in [6, 6.07) is 67.3. The van der Waals surface area contributed by atoms with Crippen molar-refractivity contribution in [3.05, 3.63) is 188 Å². The molecule has 5 heteroatoms. The van der Waals surface area contributed by atoms with Gasteiger partial charge in [0.25, 0.3) is 0 Å². The van der Waals surface area contributed by atoms with Gasteiger partial charge in [0.2, 0.25) is 0 Å². The third-order valence-electron chi connectivity index (χ3n) is 10.1. The first-order chi connectivity index (χ1) is 26.2. The summed E-state index contributed by atoms with van der Waals surface area (Å²) < 4.78 is 2.47. The van der Waals surface area contributed by atoms with Crippen LogP contribution in [0.2, 0.25) is 0 Å². The van der Waals surface area contributed by atoms with Gasteiger partial charge in [0.15, 0.2) is 0 Å². The van der Waals surface area contributed by atoms with Crippen LogP contribution in [0.1, 0.15) is 0 Å². The van der Waals surface area contributed by atoms with Crippen molar-refractivity contribution in [2.75, 3.05) is 9.99 Å². The Bertz CT molecular complexity index is 2820. The number of benzene rings is 8. The minimum absolute atomic E-state index is 0.346. The molecule has 0 fully saturated rings. The van der Waals surface area contributed by atoms with Crippen LogP contribution in [-0.2, 0) is 0 Å². The van der Waals surface area contributed by atoms with E-state index in [0.717, 1.165) is 44.8 Å². The van der Waals surface area contributed by atoms with Crippen molar-refractivity contribution in [2.45, 2.75) is 0 Å². The maximum atomic E-state index is 3.89. The lowest BCUT2D eigenvalue weighted by Crippen LogP contribution is -2.12. The third kappa shape index (κ3) is 5.80. The summed E-state index contributed by atoms with van der Waals surface area (Å²) >= 11 is 0. The molecule has 1 unspecified atom stereocenters. The molecular formula is C48H35N4P. The number of fused-ring (bicyclic) bond motifs is 6. The number of anilines is 4. The topological polar surface area (TPSA) is 46.9 Å². The Balaban J connectivity index is 1.11. The molecule has 10 rings (SSSR count). The van der Waals surface area contributed by atoms with Crippen molar-refractivity contribution in [2.24, 2.45) is 0 Å². The molecule has 8 aromatic carbocycles. The summed E-state index contributed by atoms with van der Waals surface area (Å²) in [5.41, 5.74) is 13.8. The number of aromatic nitrogens is 2. The summed E-state index contributed by atoms with van der Waals surface area (Å²) in [6.45, 7) is 0. The second-order valence-corrected chi connectivity index (χ2v) is 14.7. The molecule has 4 nitrogen and oxygen atoms in total.